The van der Waals surface area contributed by atoms with Gasteiger partial charge in [-0.3, -0.25) is 4.79 Å². The molecule has 2 atom stereocenters. The average Bonchev–Trinajstić information content (AvgIpc) is 3.21. The summed E-state index contributed by atoms with van der Waals surface area (Å²) in [5.74, 6) is 1.80. The molecule has 2 aromatic heterocycles. The Morgan fingerprint density at radius 2 is 1.86 bits per heavy atom. The second kappa shape index (κ2) is 8.16. The Morgan fingerprint density at radius 1 is 1.14 bits per heavy atom. The zero-order valence-corrected chi connectivity index (χ0v) is 21.6. The number of nitrogens with zero attached hydrogens (tertiary/aromatic N) is 6. The molecule has 3 heterocycles. The first kappa shape index (κ1) is 23.2. The van der Waals surface area contributed by atoms with Crippen molar-refractivity contribution in [3.05, 3.63) is 42.0 Å². The molecule has 3 aliphatic carbocycles. The third-order valence-electron chi connectivity index (χ3n) is 9.05. The van der Waals surface area contributed by atoms with Crippen LogP contribution in [-0.4, -0.2) is 77.6 Å². The third-order valence-corrected chi connectivity index (χ3v) is 9.05. The molecule has 190 valence electrons. The first-order valence-corrected chi connectivity index (χ1v) is 12.8. The van der Waals surface area contributed by atoms with Gasteiger partial charge in [-0.25, -0.2) is 9.37 Å². The SMILES string of the molecule is C[C@@H]1C2CC1(n1c(C(=O)N(C)C)cc3cnc(Nc4ccc(N5CCN(C)CC5)c(F)c4)nc31)[C@@H]2C. The maximum absolute atomic E-state index is 15.0. The fourth-order valence-electron chi connectivity index (χ4n) is 6.63. The summed E-state index contributed by atoms with van der Waals surface area (Å²) in [5.41, 5.74) is 2.54. The van der Waals surface area contributed by atoms with Crippen LogP contribution in [0.2, 0.25) is 0 Å². The maximum Gasteiger partial charge on any atom is 0.270 e. The van der Waals surface area contributed by atoms with Crippen molar-refractivity contribution in [2.45, 2.75) is 25.8 Å². The molecule has 1 saturated heterocycles. The Balaban J connectivity index is 1.34. The van der Waals surface area contributed by atoms with E-state index in [1.807, 2.05) is 18.2 Å². The van der Waals surface area contributed by atoms with Gasteiger partial charge in [0.25, 0.3) is 5.91 Å². The van der Waals surface area contributed by atoms with Crippen LogP contribution in [0.25, 0.3) is 11.0 Å². The summed E-state index contributed by atoms with van der Waals surface area (Å²) in [6, 6.07) is 7.11. The molecular weight excluding hydrogens is 457 g/mol. The van der Waals surface area contributed by atoms with E-state index in [0.717, 1.165) is 43.6 Å². The Labute approximate surface area is 211 Å². The Kier molecular flexibility index (Phi) is 5.26. The van der Waals surface area contributed by atoms with Crippen LogP contribution in [0.4, 0.5) is 21.7 Å². The summed E-state index contributed by atoms with van der Waals surface area (Å²) in [5, 5.41) is 4.03. The van der Waals surface area contributed by atoms with Crippen molar-refractivity contribution < 1.29 is 9.18 Å². The van der Waals surface area contributed by atoms with Crippen molar-refractivity contribution in [1.29, 1.82) is 0 Å². The number of benzene rings is 1. The van der Waals surface area contributed by atoms with Crippen molar-refractivity contribution >= 4 is 34.3 Å². The van der Waals surface area contributed by atoms with Crippen LogP contribution in [0.5, 0.6) is 0 Å². The van der Waals surface area contributed by atoms with Crippen molar-refractivity contribution in [1.82, 2.24) is 24.3 Å². The van der Waals surface area contributed by atoms with Crippen LogP contribution in [0, 0.1) is 23.6 Å². The molecule has 1 amide bonds. The van der Waals surface area contributed by atoms with Gasteiger partial charge in [-0.2, -0.15) is 4.98 Å². The van der Waals surface area contributed by atoms with E-state index in [4.69, 9.17) is 4.98 Å². The lowest BCUT2D eigenvalue weighted by Gasteiger charge is -2.73. The summed E-state index contributed by atoms with van der Waals surface area (Å²) < 4.78 is 17.2. The Hall–Kier alpha value is -3.20. The first-order valence-electron chi connectivity index (χ1n) is 12.8. The number of aromatic nitrogens is 3. The number of hydrogen-bond donors (Lipinski definition) is 1. The second-order valence-corrected chi connectivity index (χ2v) is 11.1. The number of fused-ring (bicyclic) bond motifs is 1. The lowest BCUT2D eigenvalue weighted by atomic mass is 9.36. The highest BCUT2D eigenvalue weighted by atomic mass is 19.1. The zero-order chi connectivity index (χ0) is 25.4. The third kappa shape index (κ3) is 3.25. The van der Waals surface area contributed by atoms with Crippen molar-refractivity contribution in [2.75, 3.05) is 57.5 Å². The fourth-order valence-corrected chi connectivity index (χ4v) is 6.63. The number of halogens is 1. The molecule has 9 heteroatoms. The second-order valence-electron chi connectivity index (χ2n) is 11.1. The quantitative estimate of drug-likeness (QED) is 0.586. The molecule has 2 bridgehead atoms. The van der Waals surface area contributed by atoms with E-state index in [-0.39, 0.29) is 17.3 Å². The van der Waals surface area contributed by atoms with Crippen LogP contribution in [0.1, 0.15) is 30.8 Å². The van der Waals surface area contributed by atoms with E-state index in [0.29, 0.717) is 40.8 Å². The van der Waals surface area contributed by atoms with E-state index in [1.54, 1.807) is 25.2 Å². The van der Waals surface area contributed by atoms with E-state index < -0.39 is 0 Å². The van der Waals surface area contributed by atoms with Gasteiger partial charge >= 0.3 is 0 Å². The fraction of sp³-hybridized carbons (Fsp3) is 0.519. The molecule has 4 aliphatic rings. The number of piperazine rings is 1. The molecule has 0 radical (unpaired) electrons. The standard InChI is InChI=1S/C27H34FN7O/c1-16-20-14-27(16,17(20)2)35-23(25(36)32(3)4)12-18-15-29-26(31-24(18)35)30-19-6-7-22(21(28)13-19)34-10-8-33(5)9-11-34/h6-7,12-13,15-17,20H,8-11,14H2,1-5H3,(H,29,30,31)/t16-,17-,20?,27?/m1/s1. The minimum Gasteiger partial charge on any atom is -0.367 e. The van der Waals surface area contributed by atoms with Gasteiger partial charge in [0, 0.05) is 57.5 Å². The number of nitrogens with one attached hydrogen (secondary N) is 1. The molecule has 8 nitrogen and oxygen atoms in total. The van der Waals surface area contributed by atoms with Gasteiger partial charge in [0.1, 0.15) is 17.2 Å². The van der Waals surface area contributed by atoms with Gasteiger partial charge in [-0.05, 0) is 55.5 Å². The minimum atomic E-state index is -0.260. The van der Waals surface area contributed by atoms with E-state index in [9.17, 15) is 4.79 Å². The molecule has 36 heavy (non-hydrogen) atoms. The number of likely N-dealkylation sites (N-methyl/N-ethyl adjacent to an activating group) is 1. The van der Waals surface area contributed by atoms with Crippen LogP contribution < -0.4 is 10.2 Å². The van der Waals surface area contributed by atoms with Crippen molar-refractivity contribution in [3.8, 4) is 0 Å². The highest BCUT2D eigenvalue weighted by molar-refractivity contribution is 5.98. The number of carbonyl (C=O) groups excluding carboxylic acids is 1. The van der Waals surface area contributed by atoms with Crippen LogP contribution in [0.3, 0.4) is 0 Å². The Morgan fingerprint density at radius 3 is 2.47 bits per heavy atom. The average molecular weight is 492 g/mol. The summed E-state index contributed by atoms with van der Waals surface area (Å²) >= 11 is 0. The summed E-state index contributed by atoms with van der Waals surface area (Å²) in [7, 11) is 5.64. The largest absolute Gasteiger partial charge is 0.367 e. The molecule has 3 saturated carbocycles. The minimum absolute atomic E-state index is 0.0341. The molecule has 1 N–H and O–H groups in total. The van der Waals surface area contributed by atoms with Gasteiger partial charge in [-0.1, -0.05) is 13.8 Å². The van der Waals surface area contributed by atoms with Gasteiger partial charge in [0.2, 0.25) is 5.95 Å². The lowest BCUT2D eigenvalue weighted by molar-refractivity contribution is -0.225. The maximum atomic E-state index is 15.0. The number of anilines is 3. The van der Waals surface area contributed by atoms with Gasteiger partial charge in [0.15, 0.2) is 0 Å². The molecule has 7 rings (SSSR count). The number of amides is 1. The highest BCUT2D eigenvalue weighted by Crippen LogP contribution is 2.71. The van der Waals surface area contributed by atoms with Crippen LogP contribution >= 0.6 is 0 Å². The molecule has 4 fully saturated rings. The smallest absolute Gasteiger partial charge is 0.270 e. The summed E-state index contributed by atoms with van der Waals surface area (Å²) in [4.78, 5) is 28.4. The number of carbonyl (C=O) groups is 1. The monoisotopic (exact) mass is 491 g/mol. The lowest BCUT2D eigenvalue weighted by Crippen LogP contribution is -2.73. The van der Waals surface area contributed by atoms with Crippen molar-refractivity contribution in [2.24, 2.45) is 17.8 Å². The normalized spacial score (nSPS) is 27.5. The zero-order valence-electron chi connectivity index (χ0n) is 21.6. The number of rotatable bonds is 5. The van der Waals surface area contributed by atoms with Gasteiger partial charge < -0.3 is 24.6 Å². The topological polar surface area (TPSA) is 69.5 Å². The van der Waals surface area contributed by atoms with E-state index in [2.05, 4.69) is 45.6 Å². The van der Waals surface area contributed by atoms with Crippen LogP contribution in [-0.2, 0) is 5.54 Å². The Bertz CT molecular complexity index is 1330. The van der Waals surface area contributed by atoms with Gasteiger partial charge in [0.05, 0.1) is 11.2 Å². The van der Waals surface area contributed by atoms with E-state index in [1.165, 1.54) is 6.07 Å². The molecule has 0 unspecified atom stereocenters. The molecule has 3 aromatic rings. The first-order chi connectivity index (χ1) is 17.2. The highest BCUT2D eigenvalue weighted by Gasteiger charge is 2.70. The summed E-state index contributed by atoms with van der Waals surface area (Å²) in [6.45, 7) is 8.01. The predicted octanol–water partition coefficient (Wildman–Crippen LogP) is 3.77. The summed E-state index contributed by atoms with van der Waals surface area (Å²) in [6.07, 6.45) is 2.82. The molecule has 0 spiro atoms. The number of hydrogen-bond acceptors (Lipinski definition) is 6. The van der Waals surface area contributed by atoms with E-state index >= 15 is 4.39 Å². The molecular formula is C27H34FN7O. The molecule has 1 aliphatic heterocycles. The van der Waals surface area contributed by atoms with Gasteiger partial charge in [-0.15, -0.1) is 0 Å². The van der Waals surface area contributed by atoms with Crippen molar-refractivity contribution in [3.63, 3.8) is 0 Å². The van der Waals surface area contributed by atoms with Crippen LogP contribution in [0.15, 0.2) is 30.5 Å². The predicted molar refractivity (Wildman–Crippen MR) is 139 cm³/mol. The molecule has 1 aromatic carbocycles.